The molecule has 0 heterocycles. The first kappa shape index (κ1) is 12.3. The van der Waals surface area contributed by atoms with Crippen molar-refractivity contribution in [3.8, 4) is 0 Å². The maximum Gasteiger partial charge on any atom is 0.220 e. The Kier molecular flexibility index (Phi) is 2.62. The van der Waals surface area contributed by atoms with Crippen LogP contribution in [0.5, 0.6) is 0 Å². The van der Waals surface area contributed by atoms with Gasteiger partial charge >= 0.3 is 0 Å². The summed E-state index contributed by atoms with van der Waals surface area (Å²) >= 11 is 4.33. The molecule has 0 radical (unpaired) electrons. The first-order chi connectivity index (χ1) is 7.25. The predicted octanol–water partition coefficient (Wildman–Crippen LogP) is 2.64. The van der Waals surface area contributed by atoms with E-state index in [0.717, 1.165) is 5.75 Å². The summed E-state index contributed by atoms with van der Waals surface area (Å²) in [6.45, 7) is 8.90. The minimum atomic E-state index is 0.218. The molecule has 2 saturated carbocycles. The van der Waals surface area contributed by atoms with E-state index < -0.39 is 0 Å². The van der Waals surface area contributed by atoms with Crippen molar-refractivity contribution in [1.29, 1.82) is 0 Å². The molecule has 1 N–H and O–H groups in total. The van der Waals surface area contributed by atoms with Gasteiger partial charge in [-0.15, -0.1) is 0 Å². The molecule has 2 fully saturated rings. The highest BCUT2D eigenvalue weighted by Gasteiger charge is 2.65. The molecule has 0 aromatic rings. The largest absolute Gasteiger partial charge is 0.352 e. The lowest BCUT2D eigenvalue weighted by molar-refractivity contribution is -0.122. The molecule has 1 amide bonds. The van der Waals surface area contributed by atoms with Crippen LogP contribution in [0.3, 0.4) is 0 Å². The normalized spacial score (nSPS) is 28.6. The third-order valence-corrected chi connectivity index (χ3v) is 5.82. The minimum absolute atomic E-state index is 0.218. The number of amides is 1. The van der Waals surface area contributed by atoms with Gasteiger partial charge in [-0.1, -0.05) is 27.7 Å². The van der Waals surface area contributed by atoms with E-state index in [9.17, 15) is 4.79 Å². The van der Waals surface area contributed by atoms with Gasteiger partial charge in [0.1, 0.15) is 0 Å². The minimum Gasteiger partial charge on any atom is -0.352 e. The molecule has 2 rings (SSSR count). The Morgan fingerprint density at radius 3 is 2.06 bits per heavy atom. The van der Waals surface area contributed by atoms with Crippen LogP contribution in [0.1, 0.15) is 47.0 Å². The number of hydrogen-bond donors (Lipinski definition) is 2. The highest BCUT2D eigenvalue weighted by Crippen LogP contribution is 2.62. The molecule has 2 aliphatic carbocycles. The van der Waals surface area contributed by atoms with Crippen molar-refractivity contribution in [1.82, 2.24) is 5.32 Å². The van der Waals surface area contributed by atoms with Gasteiger partial charge in [0.25, 0.3) is 0 Å². The van der Waals surface area contributed by atoms with Gasteiger partial charge in [-0.25, -0.2) is 0 Å². The molecule has 0 atom stereocenters. The summed E-state index contributed by atoms with van der Waals surface area (Å²) < 4.78 is 0. The molecule has 0 unspecified atom stereocenters. The van der Waals surface area contributed by atoms with Crippen LogP contribution in [0.4, 0.5) is 0 Å². The summed E-state index contributed by atoms with van der Waals surface area (Å²) in [5.41, 5.74) is 0.705. The smallest absolute Gasteiger partial charge is 0.220 e. The third-order valence-electron chi connectivity index (χ3n) is 5.15. The zero-order valence-electron chi connectivity index (χ0n) is 10.8. The third kappa shape index (κ3) is 1.77. The average Bonchev–Trinajstić information content (AvgIpc) is 3.01. The van der Waals surface area contributed by atoms with Crippen molar-refractivity contribution in [2.75, 3.05) is 5.75 Å². The Morgan fingerprint density at radius 2 is 1.75 bits per heavy atom. The number of nitrogens with one attached hydrogen (secondary N) is 1. The summed E-state index contributed by atoms with van der Waals surface area (Å²) in [6.07, 6.45) is 3.00. The maximum atomic E-state index is 11.9. The van der Waals surface area contributed by atoms with Crippen LogP contribution < -0.4 is 5.32 Å². The Hall–Kier alpha value is -0.180. The van der Waals surface area contributed by atoms with E-state index in [1.807, 2.05) is 0 Å². The highest BCUT2D eigenvalue weighted by molar-refractivity contribution is 7.80. The first-order valence-corrected chi connectivity index (χ1v) is 6.79. The van der Waals surface area contributed by atoms with E-state index in [1.54, 1.807) is 0 Å². The summed E-state index contributed by atoms with van der Waals surface area (Å²) in [4.78, 5) is 11.9. The van der Waals surface area contributed by atoms with Crippen LogP contribution >= 0.6 is 12.6 Å². The van der Waals surface area contributed by atoms with Gasteiger partial charge < -0.3 is 5.32 Å². The van der Waals surface area contributed by atoms with Crippen LogP contribution in [0.25, 0.3) is 0 Å². The van der Waals surface area contributed by atoms with Gasteiger partial charge in [-0.3, -0.25) is 4.79 Å². The summed E-state index contributed by atoms with van der Waals surface area (Å²) in [5.74, 6) is 1.06. The topological polar surface area (TPSA) is 29.1 Å². The van der Waals surface area contributed by atoms with Gasteiger partial charge in [0, 0.05) is 12.5 Å². The van der Waals surface area contributed by atoms with Crippen LogP contribution in [-0.2, 0) is 4.79 Å². The van der Waals surface area contributed by atoms with Crippen molar-refractivity contribution >= 4 is 18.5 Å². The second-order valence-electron chi connectivity index (χ2n) is 6.78. The molecule has 0 saturated heterocycles. The molecular weight excluding hydrogens is 218 g/mol. The van der Waals surface area contributed by atoms with Gasteiger partial charge in [0.2, 0.25) is 5.91 Å². The van der Waals surface area contributed by atoms with Crippen LogP contribution in [0, 0.1) is 16.2 Å². The Balaban J connectivity index is 1.86. The second-order valence-corrected chi connectivity index (χ2v) is 7.10. The van der Waals surface area contributed by atoms with Crippen LogP contribution in [-0.4, -0.2) is 17.7 Å². The molecule has 0 aromatic carbocycles. The van der Waals surface area contributed by atoms with E-state index in [0.29, 0.717) is 12.5 Å². The van der Waals surface area contributed by atoms with E-state index in [-0.39, 0.29) is 22.2 Å². The predicted molar refractivity (Wildman–Crippen MR) is 69.6 cm³/mol. The fourth-order valence-corrected chi connectivity index (χ4v) is 3.11. The van der Waals surface area contributed by atoms with Crippen molar-refractivity contribution in [2.24, 2.45) is 16.2 Å². The molecule has 2 aliphatic rings. The standard InChI is InChI=1S/C13H23NOS/c1-11(2)10(12(11,3)4)14-9(15)7-13(8-16)5-6-13/h10,16H,5-8H2,1-4H3,(H,14,15). The lowest BCUT2D eigenvalue weighted by Gasteiger charge is -2.12. The summed E-state index contributed by atoms with van der Waals surface area (Å²) in [7, 11) is 0. The Morgan fingerprint density at radius 1 is 1.25 bits per heavy atom. The Bertz CT molecular complexity index is 304. The Labute approximate surface area is 104 Å². The molecule has 0 aliphatic heterocycles. The molecule has 0 aromatic heterocycles. The molecule has 3 heteroatoms. The number of thiol groups is 1. The fraction of sp³-hybridized carbons (Fsp3) is 0.923. The summed E-state index contributed by atoms with van der Waals surface area (Å²) in [6, 6.07) is 0.336. The van der Waals surface area contributed by atoms with E-state index in [4.69, 9.17) is 0 Å². The number of rotatable bonds is 4. The number of hydrogen-bond acceptors (Lipinski definition) is 2. The van der Waals surface area contributed by atoms with E-state index in [2.05, 4.69) is 45.6 Å². The van der Waals surface area contributed by atoms with Crippen LogP contribution in [0.2, 0.25) is 0 Å². The van der Waals surface area contributed by atoms with Crippen LogP contribution in [0.15, 0.2) is 0 Å². The molecular formula is C13H23NOS. The SMILES string of the molecule is CC1(C)C(NC(=O)CC2(CS)CC2)C1(C)C. The number of carbonyl (C=O) groups is 1. The van der Waals surface area contributed by atoms with Crippen molar-refractivity contribution < 1.29 is 4.79 Å². The maximum absolute atomic E-state index is 11.9. The van der Waals surface area contributed by atoms with Crippen molar-refractivity contribution in [3.05, 3.63) is 0 Å². The van der Waals surface area contributed by atoms with Crippen molar-refractivity contribution in [2.45, 2.75) is 53.0 Å². The van der Waals surface area contributed by atoms with Gasteiger partial charge in [0.15, 0.2) is 0 Å². The van der Waals surface area contributed by atoms with E-state index >= 15 is 0 Å². The molecule has 2 nitrogen and oxygen atoms in total. The van der Waals surface area contributed by atoms with Gasteiger partial charge in [0.05, 0.1) is 0 Å². The number of carbonyl (C=O) groups excluding carboxylic acids is 1. The molecule has 92 valence electrons. The van der Waals surface area contributed by atoms with Gasteiger partial charge in [-0.2, -0.15) is 12.6 Å². The van der Waals surface area contributed by atoms with Crippen molar-refractivity contribution in [3.63, 3.8) is 0 Å². The quantitative estimate of drug-likeness (QED) is 0.728. The lowest BCUT2D eigenvalue weighted by Crippen LogP contribution is -2.31. The lowest BCUT2D eigenvalue weighted by atomic mass is 10.0. The van der Waals surface area contributed by atoms with E-state index in [1.165, 1.54) is 12.8 Å². The summed E-state index contributed by atoms with van der Waals surface area (Å²) in [5, 5.41) is 3.19. The monoisotopic (exact) mass is 241 g/mol. The highest BCUT2D eigenvalue weighted by atomic mass is 32.1. The molecule has 16 heavy (non-hydrogen) atoms. The zero-order valence-corrected chi connectivity index (χ0v) is 11.7. The molecule has 0 spiro atoms. The second kappa shape index (κ2) is 3.41. The molecule has 0 bridgehead atoms. The average molecular weight is 241 g/mol. The van der Waals surface area contributed by atoms with Gasteiger partial charge in [-0.05, 0) is 34.8 Å². The first-order valence-electron chi connectivity index (χ1n) is 6.15. The fourth-order valence-electron chi connectivity index (χ4n) is 2.68. The zero-order chi connectivity index (χ0) is 12.2.